The van der Waals surface area contributed by atoms with E-state index >= 15 is 0 Å². The van der Waals surface area contributed by atoms with Gasteiger partial charge in [0.15, 0.2) is 0 Å². The van der Waals surface area contributed by atoms with E-state index in [4.69, 9.17) is 5.11 Å². The van der Waals surface area contributed by atoms with E-state index in [9.17, 15) is 18.0 Å². The number of methoxy groups -OCH3 is 1. The number of hydrogen-bond acceptors (Lipinski definition) is 6. The molecule has 1 saturated heterocycles. The number of amides is 1. The second-order valence-corrected chi connectivity index (χ2v) is 5.72. The number of carboxylic acid groups (broad SMARTS) is 1. The van der Waals surface area contributed by atoms with E-state index in [1.165, 1.54) is 0 Å². The van der Waals surface area contributed by atoms with Crippen LogP contribution in [0.3, 0.4) is 0 Å². The molecule has 0 bridgehead atoms. The third kappa shape index (κ3) is 4.04. The van der Waals surface area contributed by atoms with Gasteiger partial charge in [0.1, 0.15) is 6.04 Å². The molecule has 0 aliphatic carbocycles. The van der Waals surface area contributed by atoms with Crippen molar-refractivity contribution in [3.8, 4) is 0 Å². The summed E-state index contributed by atoms with van der Waals surface area (Å²) in [7, 11) is -2.86. The van der Waals surface area contributed by atoms with Gasteiger partial charge in [-0.3, -0.25) is 9.69 Å². The molecule has 1 aliphatic rings. The first-order valence-electron chi connectivity index (χ1n) is 5.60. The molecule has 9 nitrogen and oxygen atoms in total. The fraction of sp³-hybridized carbons (Fsp3) is 0.778. The fourth-order valence-corrected chi connectivity index (χ4v) is 2.77. The van der Waals surface area contributed by atoms with Crippen molar-refractivity contribution >= 4 is 22.3 Å². The molecule has 1 amide bonds. The van der Waals surface area contributed by atoms with E-state index in [0.717, 1.165) is 11.4 Å². The molecule has 1 fully saturated rings. The van der Waals surface area contributed by atoms with Crippen LogP contribution in [0.4, 0.5) is 4.79 Å². The van der Waals surface area contributed by atoms with Crippen molar-refractivity contribution in [2.45, 2.75) is 13.0 Å². The van der Waals surface area contributed by atoms with Gasteiger partial charge in [-0.2, -0.15) is 12.7 Å². The van der Waals surface area contributed by atoms with Crippen LogP contribution in [0.25, 0.3) is 0 Å². The Bertz CT molecular complexity index is 443. The van der Waals surface area contributed by atoms with Crippen LogP contribution in [0, 0.1) is 0 Å². The highest BCUT2D eigenvalue weighted by atomic mass is 32.2. The SMILES string of the molecule is COC(=O)NS(=O)(=O)N1CCN(C(C)C(=O)O)CC1. The molecule has 0 spiro atoms. The number of rotatable bonds is 4. The molecule has 1 atom stereocenters. The van der Waals surface area contributed by atoms with Crippen LogP contribution in [-0.2, 0) is 19.7 Å². The zero-order valence-corrected chi connectivity index (χ0v) is 11.5. The number of nitrogens with one attached hydrogen (secondary N) is 1. The van der Waals surface area contributed by atoms with E-state index in [1.807, 2.05) is 0 Å². The normalized spacial score (nSPS) is 19.7. The Morgan fingerprint density at radius 1 is 1.26 bits per heavy atom. The van der Waals surface area contributed by atoms with Gasteiger partial charge in [0, 0.05) is 26.2 Å². The lowest BCUT2D eigenvalue weighted by molar-refractivity contribution is -0.143. The van der Waals surface area contributed by atoms with Crippen LogP contribution >= 0.6 is 0 Å². The topological polar surface area (TPSA) is 116 Å². The molecule has 1 heterocycles. The molecule has 19 heavy (non-hydrogen) atoms. The Hall–Kier alpha value is -1.39. The maximum absolute atomic E-state index is 11.7. The number of ether oxygens (including phenoxy) is 1. The van der Waals surface area contributed by atoms with Gasteiger partial charge < -0.3 is 9.84 Å². The van der Waals surface area contributed by atoms with Crippen molar-refractivity contribution in [3.63, 3.8) is 0 Å². The second-order valence-electron chi connectivity index (χ2n) is 4.05. The maximum atomic E-state index is 11.7. The van der Waals surface area contributed by atoms with Gasteiger partial charge in [-0.25, -0.2) is 9.52 Å². The summed E-state index contributed by atoms with van der Waals surface area (Å²) in [6, 6.07) is -0.668. The Kier molecular flexibility index (Phi) is 5.09. The number of carboxylic acids is 1. The summed E-state index contributed by atoms with van der Waals surface area (Å²) < 4.78 is 30.5. The minimum Gasteiger partial charge on any atom is -0.480 e. The number of aliphatic carboxylic acids is 1. The first-order chi connectivity index (χ1) is 8.77. The van der Waals surface area contributed by atoms with E-state index in [0.29, 0.717) is 0 Å². The van der Waals surface area contributed by atoms with Crippen molar-refractivity contribution in [3.05, 3.63) is 0 Å². The summed E-state index contributed by atoms with van der Waals surface area (Å²) >= 11 is 0. The fourth-order valence-electron chi connectivity index (χ4n) is 1.70. The Morgan fingerprint density at radius 3 is 2.21 bits per heavy atom. The number of hydrogen-bond donors (Lipinski definition) is 2. The van der Waals surface area contributed by atoms with Crippen molar-refractivity contribution in [1.82, 2.24) is 13.9 Å². The quantitative estimate of drug-likeness (QED) is 0.660. The lowest BCUT2D eigenvalue weighted by Gasteiger charge is -2.35. The number of nitrogens with zero attached hydrogens (tertiary/aromatic N) is 2. The van der Waals surface area contributed by atoms with E-state index < -0.39 is 28.3 Å². The molecule has 0 aromatic carbocycles. The zero-order chi connectivity index (χ0) is 14.6. The predicted molar refractivity (Wildman–Crippen MR) is 64.7 cm³/mol. The van der Waals surface area contributed by atoms with Crippen LogP contribution < -0.4 is 4.72 Å². The summed E-state index contributed by atoms with van der Waals surface area (Å²) in [5.74, 6) is -0.955. The molecule has 0 aromatic rings. The Labute approximate surface area is 111 Å². The summed E-state index contributed by atoms with van der Waals surface area (Å²) in [6.07, 6.45) is -1.05. The molecule has 0 aromatic heterocycles. The third-order valence-electron chi connectivity index (χ3n) is 2.92. The molecule has 0 radical (unpaired) electrons. The van der Waals surface area contributed by atoms with E-state index in [1.54, 1.807) is 16.5 Å². The van der Waals surface area contributed by atoms with Crippen molar-refractivity contribution in [2.24, 2.45) is 0 Å². The second kappa shape index (κ2) is 6.17. The number of carbonyl (C=O) groups is 2. The molecule has 110 valence electrons. The van der Waals surface area contributed by atoms with Crippen LogP contribution in [0.1, 0.15) is 6.92 Å². The van der Waals surface area contributed by atoms with E-state index in [2.05, 4.69) is 4.74 Å². The lowest BCUT2D eigenvalue weighted by Crippen LogP contribution is -2.55. The molecule has 10 heteroatoms. The molecule has 2 N–H and O–H groups in total. The van der Waals surface area contributed by atoms with Crippen LogP contribution in [0.15, 0.2) is 0 Å². The highest BCUT2D eigenvalue weighted by Gasteiger charge is 2.31. The minimum absolute atomic E-state index is 0.115. The molecule has 0 saturated carbocycles. The van der Waals surface area contributed by atoms with Gasteiger partial charge >= 0.3 is 22.3 Å². The first-order valence-corrected chi connectivity index (χ1v) is 7.04. The van der Waals surface area contributed by atoms with Crippen LogP contribution in [0.5, 0.6) is 0 Å². The average molecular weight is 295 g/mol. The third-order valence-corrected chi connectivity index (χ3v) is 4.39. The van der Waals surface area contributed by atoms with Gasteiger partial charge in [0.2, 0.25) is 0 Å². The summed E-state index contributed by atoms with van der Waals surface area (Å²) in [4.78, 5) is 23.4. The van der Waals surface area contributed by atoms with Crippen molar-refractivity contribution < 1.29 is 27.9 Å². The van der Waals surface area contributed by atoms with Crippen molar-refractivity contribution in [1.29, 1.82) is 0 Å². The number of piperazine rings is 1. The summed E-state index contributed by atoms with van der Waals surface area (Å²) in [5.41, 5.74) is 0. The summed E-state index contributed by atoms with van der Waals surface area (Å²) in [6.45, 7) is 2.35. The van der Waals surface area contributed by atoms with Gasteiger partial charge in [0.25, 0.3) is 0 Å². The zero-order valence-electron chi connectivity index (χ0n) is 10.7. The van der Waals surface area contributed by atoms with Gasteiger partial charge in [0.05, 0.1) is 7.11 Å². The highest BCUT2D eigenvalue weighted by molar-refractivity contribution is 7.87. The molecular weight excluding hydrogens is 278 g/mol. The van der Waals surface area contributed by atoms with E-state index in [-0.39, 0.29) is 26.2 Å². The van der Waals surface area contributed by atoms with Crippen LogP contribution in [-0.4, -0.2) is 74.1 Å². The largest absolute Gasteiger partial charge is 0.480 e. The first kappa shape index (κ1) is 15.7. The minimum atomic E-state index is -3.93. The standard InChI is InChI=1S/C9H17N3O6S/c1-7(8(13)14)11-3-5-12(6-4-11)19(16,17)10-9(15)18-2/h7H,3-6H2,1-2H3,(H,10,15)(H,13,14). The van der Waals surface area contributed by atoms with Gasteiger partial charge in [-0.15, -0.1) is 0 Å². The number of carbonyl (C=O) groups excluding carboxylic acids is 1. The highest BCUT2D eigenvalue weighted by Crippen LogP contribution is 2.09. The smallest absolute Gasteiger partial charge is 0.421 e. The lowest BCUT2D eigenvalue weighted by atomic mass is 10.2. The average Bonchev–Trinajstić information content (AvgIpc) is 2.37. The molecule has 1 unspecified atom stereocenters. The molecule has 1 aliphatic heterocycles. The molecule has 1 rings (SSSR count). The van der Waals surface area contributed by atoms with Crippen molar-refractivity contribution in [2.75, 3.05) is 33.3 Å². The van der Waals surface area contributed by atoms with Gasteiger partial charge in [-0.05, 0) is 6.92 Å². The predicted octanol–water partition coefficient (Wildman–Crippen LogP) is -1.32. The Morgan fingerprint density at radius 2 is 1.79 bits per heavy atom. The monoisotopic (exact) mass is 295 g/mol. The molecular formula is C9H17N3O6S. The summed E-state index contributed by atoms with van der Waals surface area (Å²) in [5, 5.41) is 8.86. The van der Waals surface area contributed by atoms with Gasteiger partial charge in [-0.1, -0.05) is 0 Å². The maximum Gasteiger partial charge on any atom is 0.421 e. The Balaban J connectivity index is 2.58. The van der Waals surface area contributed by atoms with Crippen LogP contribution in [0.2, 0.25) is 0 Å².